The van der Waals surface area contributed by atoms with E-state index in [0.717, 1.165) is 22.9 Å². The average molecular weight is 341 g/mol. The molecule has 24 heavy (non-hydrogen) atoms. The van der Waals surface area contributed by atoms with Crippen molar-refractivity contribution in [1.82, 2.24) is 14.8 Å². The highest BCUT2D eigenvalue weighted by Gasteiger charge is 2.35. The van der Waals surface area contributed by atoms with Gasteiger partial charge in [0.1, 0.15) is 5.57 Å². The third-order valence-electron chi connectivity index (χ3n) is 4.39. The van der Waals surface area contributed by atoms with Crippen molar-refractivity contribution in [3.8, 4) is 0 Å². The Morgan fingerprint density at radius 1 is 1.29 bits per heavy atom. The second-order valence-electron chi connectivity index (χ2n) is 5.96. The summed E-state index contributed by atoms with van der Waals surface area (Å²) in [6, 6.07) is 7.81. The molecule has 1 unspecified atom stereocenters. The Hall–Kier alpha value is -2.47. The van der Waals surface area contributed by atoms with Crippen molar-refractivity contribution in [2.24, 2.45) is 7.05 Å². The van der Waals surface area contributed by atoms with Crippen molar-refractivity contribution in [2.45, 2.75) is 26.3 Å². The van der Waals surface area contributed by atoms with E-state index < -0.39 is 5.91 Å². The molecule has 124 valence electrons. The number of rotatable bonds is 3. The Morgan fingerprint density at radius 3 is 2.71 bits per heavy atom. The molecule has 2 heterocycles. The molecule has 0 aliphatic carbocycles. The number of benzene rings is 1. The van der Waals surface area contributed by atoms with Gasteiger partial charge in [0.25, 0.3) is 11.8 Å². The molecule has 0 saturated carbocycles. The van der Waals surface area contributed by atoms with Crippen LogP contribution in [0.25, 0.3) is 17.0 Å². The van der Waals surface area contributed by atoms with Crippen molar-refractivity contribution in [3.63, 3.8) is 0 Å². The maximum absolute atomic E-state index is 12.8. The lowest BCUT2D eigenvalue weighted by atomic mass is 10.1. The average Bonchev–Trinajstić information content (AvgIpc) is 2.87. The molecule has 2 amide bonds. The van der Waals surface area contributed by atoms with Crippen molar-refractivity contribution >= 4 is 46.1 Å². The second kappa shape index (κ2) is 6.20. The molecule has 0 spiro atoms. The minimum Gasteiger partial charge on any atom is -0.350 e. The highest BCUT2D eigenvalue weighted by Crippen LogP contribution is 2.24. The maximum Gasteiger partial charge on any atom is 0.265 e. The SMILES string of the molecule is CCC(C)N1C(=O)/C(=C\c2cn(C)c3ccccc23)C(=O)NC1=S. The fourth-order valence-electron chi connectivity index (χ4n) is 2.90. The van der Waals surface area contributed by atoms with Crippen molar-refractivity contribution in [1.29, 1.82) is 0 Å². The predicted molar refractivity (Wildman–Crippen MR) is 98.2 cm³/mol. The Kier molecular flexibility index (Phi) is 4.24. The van der Waals surface area contributed by atoms with Crippen molar-refractivity contribution < 1.29 is 9.59 Å². The number of thiocarbonyl (C=S) groups is 1. The number of hydrogen-bond donors (Lipinski definition) is 1. The van der Waals surface area contributed by atoms with Gasteiger partial charge >= 0.3 is 0 Å². The fraction of sp³-hybridized carbons (Fsp3) is 0.278. The van der Waals surface area contributed by atoms with Crippen molar-refractivity contribution in [3.05, 3.63) is 41.6 Å². The van der Waals surface area contributed by atoms with Gasteiger partial charge in [0.05, 0.1) is 0 Å². The predicted octanol–water partition coefficient (Wildman–Crippen LogP) is 2.60. The smallest absolute Gasteiger partial charge is 0.265 e. The lowest BCUT2D eigenvalue weighted by Crippen LogP contribution is -2.56. The topological polar surface area (TPSA) is 54.3 Å². The van der Waals surface area contributed by atoms with E-state index in [2.05, 4.69) is 5.32 Å². The lowest BCUT2D eigenvalue weighted by Gasteiger charge is -2.33. The number of carbonyl (C=O) groups excluding carboxylic acids is 2. The summed E-state index contributed by atoms with van der Waals surface area (Å²) in [5.41, 5.74) is 1.99. The van der Waals surface area contributed by atoms with Crippen LogP contribution < -0.4 is 5.32 Å². The summed E-state index contributed by atoms with van der Waals surface area (Å²) in [6.07, 6.45) is 4.32. The first-order chi connectivity index (χ1) is 11.4. The third-order valence-corrected chi connectivity index (χ3v) is 4.69. The Balaban J connectivity index is 2.09. The second-order valence-corrected chi connectivity index (χ2v) is 6.35. The van der Waals surface area contributed by atoms with E-state index in [1.165, 1.54) is 4.90 Å². The Morgan fingerprint density at radius 2 is 2.00 bits per heavy atom. The highest BCUT2D eigenvalue weighted by molar-refractivity contribution is 7.80. The van der Waals surface area contributed by atoms with Gasteiger partial charge in [-0.15, -0.1) is 0 Å². The number of nitrogens with one attached hydrogen (secondary N) is 1. The van der Waals surface area contributed by atoms with Gasteiger partial charge in [-0.05, 0) is 37.7 Å². The number of carbonyl (C=O) groups is 2. The van der Waals surface area contributed by atoms with Crippen LogP contribution in [0.15, 0.2) is 36.0 Å². The standard InChI is InChI=1S/C18H19N3O2S/c1-4-11(2)21-17(23)14(16(22)19-18(21)24)9-12-10-20(3)15-8-6-5-7-13(12)15/h5-11H,4H2,1-3H3,(H,19,22,24)/b14-9-. The van der Waals surface area contributed by atoms with E-state index >= 15 is 0 Å². The number of nitrogens with zero attached hydrogens (tertiary/aromatic N) is 2. The normalized spacial score (nSPS) is 18.4. The molecular formula is C18H19N3O2S. The fourth-order valence-corrected chi connectivity index (χ4v) is 3.25. The van der Waals surface area contributed by atoms with Gasteiger partial charge in [0.2, 0.25) is 0 Å². The van der Waals surface area contributed by atoms with E-state index in [1.807, 2.05) is 55.9 Å². The van der Waals surface area contributed by atoms with Crippen LogP contribution in [-0.2, 0) is 16.6 Å². The quantitative estimate of drug-likeness (QED) is 0.530. The van der Waals surface area contributed by atoms with Gasteiger partial charge in [-0.25, -0.2) is 0 Å². The van der Waals surface area contributed by atoms with Crippen molar-refractivity contribution in [2.75, 3.05) is 0 Å². The molecule has 1 aliphatic heterocycles. The van der Waals surface area contributed by atoms with Gasteiger partial charge in [0.15, 0.2) is 5.11 Å². The van der Waals surface area contributed by atoms with Crippen LogP contribution in [0.5, 0.6) is 0 Å². The number of aryl methyl sites for hydroxylation is 1. The number of aromatic nitrogens is 1. The molecule has 5 nitrogen and oxygen atoms in total. The lowest BCUT2D eigenvalue weighted by molar-refractivity contribution is -0.130. The van der Waals surface area contributed by atoms with Crippen LogP contribution in [0, 0.1) is 0 Å². The number of para-hydroxylation sites is 1. The molecule has 0 radical (unpaired) electrons. The van der Waals surface area contributed by atoms with E-state index in [4.69, 9.17) is 12.2 Å². The van der Waals surface area contributed by atoms with Gasteiger partial charge in [-0.3, -0.25) is 19.8 Å². The van der Waals surface area contributed by atoms with E-state index in [0.29, 0.717) is 0 Å². The zero-order chi connectivity index (χ0) is 17.4. The zero-order valence-corrected chi connectivity index (χ0v) is 14.7. The molecule has 1 atom stereocenters. The number of amides is 2. The molecule has 1 aromatic carbocycles. The summed E-state index contributed by atoms with van der Waals surface area (Å²) in [7, 11) is 1.94. The molecule has 1 aromatic heterocycles. The molecule has 1 fully saturated rings. The summed E-state index contributed by atoms with van der Waals surface area (Å²) in [6.45, 7) is 3.89. The maximum atomic E-state index is 12.8. The first-order valence-electron chi connectivity index (χ1n) is 7.88. The summed E-state index contributed by atoms with van der Waals surface area (Å²) in [4.78, 5) is 26.6. The van der Waals surface area contributed by atoms with Crippen LogP contribution in [0.4, 0.5) is 0 Å². The minimum atomic E-state index is -0.447. The number of hydrogen-bond acceptors (Lipinski definition) is 3. The zero-order valence-electron chi connectivity index (χ0n) is 13.9. The van der Waals surface area contributed by atoms with Crippen LogP contribution >= 0.6 is 12.2 Å². The van der Waals surface area contributed by atoms with Gasteiger partial charge < -0.3 is 4.57 Å². The highest BCUT2D eigenvalue weighted by atomic mass is 32.1. The van der Waals surface area contributed by atoms with Crippen LogP contribution in [0.1, 0.15) is 25.8 Å². The monoisotopic (exact) mass is 341 g/mol. The van der Waals surface area contributed by atoms with Crippen LogP contribution in [0.3, 0.4) is 0 Å². The first-order valence-corrected chi connectivity index (χ1v) is 8.29. The van der Waals surface area contributed by atoms with Gasteiger partial charge in [-0.2, -0.15) is 0 Å². The van der Waals surface area contributed by atoms with Gasteiger partial charge in [0, 0.05) is 35.8 Å². The molecule has 2 aromatic rings. The molecule has 1 N–H and O–H groups in total. The van der Waals surface area contributed by atoms with Crippen LogP contribution in [0.2, 0.25) is 0 Å². The Labute approximate surface area is 145 Å². The summed E-state index contributed by atoms with van der Waals surface area (Å²) in [5, 5.41) is 3.79. The number of fused-ring (bicyclic) bond motifs is 1. The van der Waals surface area contributed by atoms with E-state index in [9.17, 15) is 9.59 Å². The van der Waals surface area contributed by atoms with E-state index in [1.54, 1.807) is 6.08 Å². The summed E-state index contributed by atoms with van der Waals surface area (Å²) >= 11 is 5.16. The van der Waals surface area contributed by atoms with Gasteiger partial charge in [-0.1, -0.05) is 25.1 Å². The molecule has 6 heteroatoms. The largest absolute Gasteiger partial charge is 0.350 e. The first kappa shape index (κ1) is 16.4. The molecule has 1 saturated heterocycles. The molecule has 3 rings (SSSR count). The summed E-state index contributed by atoms with van der Waals surface area (Å²) < 4.78 is 1.98. The minimum absolute atomic E-state index is 0.0680. The van der Waals surface area contributed by atoms with E-state index in [-0.39, 0.29) is 22.6 Å². The van der Waals surface area contributed by atoms with Crippen LogP contribution in [-0.4, -0.2) is 32.4 Å². The Bertz CT molecular complexity index is 882. The molecular weight excluding hydrogens is 322 g/mol. The molecule has 0 bridgehead atoms. The molecule has 1 aliphatic rings. The summed E-state index contributed by atoms with van der Waals surface area (Å²) in [5.74, 6) is -0.788. The third kappa shape index (κ3) is 2.63.